The zero-order valence-corrected chi connectivity index (χ0v) is 12.6. The number of hydrogen-bond acceptors (Lipinski definition) is 2. The van der Waals surface area contributed by atoms with Gasteiger partial charge in [-0.05, 0) is 49.9 Å². The highest BCUT2D eigenvalue weighted by molar-refractivity contribution is 5.94. The van der Waals surface area contributed by atoms with Crippen LogP contribution in [0.15, 0.2) is 18.2 Å². The number of carboxylic acid groups (broad SMARTS) is 1. The highest BCUT2D eigenvalue weighted by atomic mass is 19.4. The third kappa shape index (κ3) is 4.24. The molecule has 2 unspecified atom stereocenters. The molecule has 2 rings (SSSR count). The predicted molar refractivity (Wildman–Crippen MR) is 78.3 cm³/mol. The highest BCUT2D eigenvalue weighted by Crippen LogP contribution is 2.40. The Hall–Kier alpha value is -2.05. The Bertz CT molecular complexity index is 613. The predicted octanol–water partition coefficient (Wildman–Crippen LogP) is 4.00. The number of amides is 1. The average Bonchev–Trinajstić information content (AvgIpc) is 2.46. The highest BCUT2D eigenvalue weighted by Gasteiger charge is 2.43. The average molecular weight is 329 g/mol. The van der Waals surface area contributed by atoms with E-state index in [0.29, 0.717) is 24.1 Å². The summed E-state index contributed by atoms with van der Waals surface area (Å²) in [6.45, 7) is 1.60. The molecule has 1 aliphatic carbocycles. The minimum atomic E-state index is -4.27. The summed E-state index contributed by atoms with van der Waals surface area (Å²) in [6.07, 6.45) is -3.58. The summed E-state index contributed by atoms with van der Waals surface area (Å²) in [4.78, 5) is 23.1. The summed E-state index contributed by atoms with van der Waals surface area (Å²) in [5.74, 6) is -3.61. The summed E-state index contributed by atoms with van der Waals surface area (Å²) in [7, 11) is 0. The van der Waals surface area contributed by atoms with E-state index in [9.17, 15) is 22.8 Å². The Morgan fingerprint density at radius 1 is 1.26 bits per heavy atom. The van der Waals surface area contributed by atoms with Crippen LogP contribution in [-0.2, 0) is 4.79 Å². The van der Waals surface area contributed by atoms with E-state index in [1.807, 2.05) is 0 Å². The molecule has 126 valence electrons. The Kier molecular flexibility index (Phi) is 4.97. The van der Waals surface area contributed by atoms with Gasteiger partial charge in [-0.15, -0.1) is 0 Å². The molecular weight excluding hydrogens is 311 g/mol. The molecule has 2 atom stereocenters. The minimum Gasteiger partial charge on any atom is -0.478 e. The fourth-order valence-corrected chi connectivity index (χ4v) is 2.95. The molecule has 0 aliphatic heterocycles. The largest absolute Gasteiger partial charge is 0.478 e. The number of benzene rings is 1. The molecule has 1 aromatic rings. The van der Waals surface area contributed by atoms with Crippen molar-refractivity contribution in [1.82, 2.24) is 0 Å². The summed E-state index contributed by atoms with van der Waals surface area (Å²) in [6, 6.07) is 4.32. The topological polar surface area (TPSA) is 66.4 Å². The maximum absolute atomic E-state index is 12.8. The van der Waals surface area contributed by atoms with Crippen molar-refractivity contribution in [3.63, 3.8) is 0 Å². The van der Waals surface area contributed by atoms with E-state index in [-0.39, 0.29) is 18.4 Å². The molecule has 7 heteroatoms. The Morgan fingerprint density at radius 3 is 2.52 bits per heavy atom. The Morgan fingerprint density at radius 2 is 1.96 bits per heavy atom. The molecule has 0 bridgehead atoms. The van der Waals surface area contributed by atoms with Crippen LogP contribution in [0.4, 0.5) is 18.9 Å². The van der Waals surface area contributed by atoms with Crippen molar-refractivity contribution in [3.8, 4) is 0 Å². The third-order valence-electron chi connectivity index (χ3n) is 4.23. The molecule has 0 spiro atoms. The van der Waals surface area contributed by atoms with Gasteiger partial charge in [0.05, 0.1) is 11.5 Å². The van der Waals surface area contributed by atoms with Crippen LogP contribution in [0.25, 0.3) is 0 Å². The summed E-state index contributed by atoms with van der Waals surface area (Å²) >= 11 is 0. The number of anilines is 1. The minimum absolute atomic E-state index is 0.0691. The molecule has 0 radical (unpaired) electrons. The van der Waals surface area contributed by atoms with Crippen molar-refractivity contribution in [2.75, 3.05) is 5.32 Å². The quantitative estimate of drug-likeness (QED) is 0.881. The van der Waals surface area contributed by atoms with Gasteiger partial charge in [-0.1, -0.05) is 6.42 Å². The molecular formula is C16H18F3NO3. The lowest BCUT2D eigenvalue weighted by molar-refractivity contribution is -0.185. The van der Waals surface area contributed by atoms with Crippen LogP contribution < -0.4 is 5.32 Å². The Balaban J connectivity index is 2.04. The second-order valence-electron chi connectivity index (χ2n) is 5.93. The maximum atomic E-state index is 12.8. The van der Waals surface area contributed by atoms with Gasteiger partial charge in [-0.3, -0.25) is 4.79 Å². The van der Waals surface area contributed by atoms with E-state index < -0.39 is 29.9 Å². The molecule has 4 nitrogen and oxygen atoms in total. The van der Waals surface area contributed by atoms with E-state index in [1.165, 1.54) is 18.2 Å². The summed E-state index contributed by atoms with van der Waals surface area (Å²) in [5.41, 5.74) is 0.997. The van der Waals surface area contributed by atoms with Crippen LogP contribution in [0.3, 0.4) is 0 Å². The number of rotatable bonds is 3. The first kappa shape index (κ1) is 17.3. The fourth-order valence-electron chi connectivity index (χ4n) is 2.95. The monoisotopic (exact) mass is 329 g/mol. The molecule has 0 aromatic heterocycles. The molecule has 0 saturated heterocycles. The van der Waals surface area contributed by atoms with E-state index in [1.54, 1.807) is 6.92 Å². The van der Waals surface area contributed by atoms with Gasteiger partial charge in [0.15, 0.2) is 0 Å². The number of aromatic carboxylic acids is 1. The van der Waals surface area contributed by atoms with E-state index in [2.05, 4.69) is 5.32 Å². The number of carboxylic acids is 1. The van der Waals surface area contributed by atoms with Crippen LogP contribution in [0.1, 0.15) is 41.6 Å². The first-order valence-corrected chi connectivity index (χ1v) is 7.40. The fraction of sp³-hybridized carbons (Fsp3) is 0.500. The van der Waals surface area contributed by atoms with Crippen LogP contribution in [-0.4, -0.2) is 23.2 Å². The second kappa shape index (κ2) is 6.60. The van der Waals surface area contributed by atoms with Gasteiger partial charge in [0.2, 0.25) is 5.91 Å². The maximum Gasteiger partial charge on any atom is 0.391 e. The number of hydrogen-bond donors (Lipinski definition) is 2. The smallest absolute Gasteiger partial charge is 0.391 e. The summed E-state index contributed by atoms with van der Waals surface area (Å²) < 4.78 is 38.4. The van der Waals surface area contributed by atoms with Crippen LogP contribution in [0.2, 0.25) is 0 Å². The number of nitrogens with one attached hydrogen (secondary N) is 1. The van der Waals surface area contributed by atoms with Crippen molar-refractivity contribution in [1.29, 1.82) is 0 Å². The standard InChI is InChI=1S/C16H18F3NO3/c1-9-7-12(5-6-13(9)15(22)23)20-14(21)10-3-2-4-11(8-10)16(17,18)19/h5-7,10-11H,2-4,8H2,1H3,(H,20,21)(H,22,23). The number of halogens is 3. The SMILES string of the molecule is Cc1cc(NC(=O)C2CCCC(C(F)(F)F)C2)ccc1C(=O)O. The lowest BCUT2D eigenvalue weighted by atomic mass is 9.80. The molecule has 1 amide bonds. The first-order chi connectivity index (χ1) is 10.7. The zero-order chi connectivity index (χ0) is 17.2. The summed E-state index contributed by atoms with van der Waals surface area (Å²) in [5, 5.41) is 11.5. The Labute approximate surface area is 131 Å². The van der Waals surface area contributed by atoms with Crippen LogP contribution in [0, 0.1) is 18.8 Å². The number of carbonyl (C=O) groups is 2. The van der Waals surface area contributed by atoms with Gasteiger partial charge in [0, 0.05) is 11.6 Å². The second-order valence-corrected chi connectivity index (χ2v) is 5.93. The van der Waals surface area contributed by atoms with Gasteiger partial charge < -0.3 is 10.4 Å². The third-order valence-corrected chi connectivity index (χ3v) is 4.23. The van der Waals surface area contributed by atoms with Crippen molar-refractivity contribution in [3.05, 3.63) is 29.3 Å². The molecule has 1 saturated carbocycles. The lowest BCUT2D eigenvalue weighted by Crippen LogP contribution is -2.34. The molecule has 2 N–H and O–H groups in total. The molecule has 1 aromatic carbocycles. The van der Waals surface area contributed by atoms with Crippen LogP contribution in [0.5, 0.6) is 0 Å². The van der Waals surface area contributed by atoms with Crippen LogP contribution >= 0.6 is 0 Å². The number of carbonyl (C=O) groups excluding carboxylic acids is 1. The number of alkyl halides is 3. The molecule has 1 aliphatic rings. The van der Waals surface area contributed by atoms with Gasteiger partial charge in [0.1, 0.15) is 0 Å². The normalized spacial score (nSPS) is 21.7. The zero-order valence-electron chi connectivity index (χ0n) is 12.6. The lowest BCUT2D eigenvalue weighted by Gasteiger charge is -2.29. The van der Waals surface area contributed by atoms with Crippen molar-refractivity contribution in [2.24, 2.45) is 11.8 Å². The first-order valence-electron chi connectivity index (χ1n) is 7.40. The van der Waals surface area contributed by atoms with E-state index >= 15 is 0 Å². The van der Waals surface area contributed by atoms with Gasteiger partial charge in [-0.25, -0.2) is 4.79 Å². The van der Waals surface area contributed by atoms with Gasteiger partial charge in [-0.2, -0.15) is 13.2 Å². The number of aryl methyl sites for hydroxylation is 1. The molecule has 0 heterocycles. The van der Waals surface area contributed by atoms with E-state index in [4.69, 9.17) is 5.11 Å². The van der Waals surface area contributed by atoms with Crippen molar-refractivity contribution < 1.29 is 27.9 Å². The molecule has 23 heavy (non-hydrogen) atoms. The molecule has 1 fully saturated rings. The van der Waals surface area contributed by atoms with Crippen molar-refractivity contribution >= 4 is 17.6 Å². The van der Waals surface area contributed by atoms with Gasteiger partial charge in [0.25, 0.3) is 0 Å². The van der Waals surface area contributed by atoms with Gasteiger partial charge >= 0.3 is 12.1 Å². The van der Waals surface area contributed by atoms with Crippen molar-refractivity contribution in [2.45, 2.75) is 38.8 Å². The van der Waals surface area contributed by atoms with E-state index in [0.717, 1.165) is 0 Å².